The van der Waals surface area contributed by atoms with Crippen LogP contribution in [0.2, 0.25) is 0 Å². The molecule has 0 aliphatic rings. The Balaban J connectivity index is 4.61. The van der Waals surface area contributed by atoms with Crippen LogP contribution in [0.4, 0.5) is 4.79 Å². The Morgan fingerprint density at radius 2 is 1.61 bits per heavy atom. The average Bonchev–Trinajstić information content (AvgIpc) is 2.49. The molecule has 0 bridgehead atoms. The molecule has 0 aromatic rings. The molecule has 0 aromatic carbocycles. The normalized spacial score (nSPS) is 13.6. The van der Waals surface area contributed by atoms with Crippen molar-refractivity contribution in [2.24, 2.45) is 0 Å². The zero-order valence-corrected chi connectivity index (χ0v) is 17.8. The quantitative estimate of drug-likeness (QED) is 0.310. The second-order valence-corrected chi connectivity index (χ2v) is 8.44. The minimum Gasteiger partial charge on any atom is -0.458 e. The maximum absolute atomic E-state index is 12.4. The van der Waals surface area contributed by atoms with Gasteiger partial charge < -0.3 is 25.2 Å². The van der Waals surface area contributed by atoms with Gasteiger partial charge in [-0.2, -0.15) is 0 Å². The SMILES string of the molecule is C#CC[C@H](O)C(=O)NCCCC[C@H](NC(=O)OC(C)(C)C)C(=O)OC(C)(C)C. The molecule has 8 nitrogen and oxygen atoms in total. The number of hydrogen-bond acceptors (Lipinski definition) is 6. The van der Waals surface area contributed by atoms with Crippen LogP contribution in [0.25, 0.3) is 0 Å². The highest BCUT2D eigenvalue weighted by Crippen LogP contribution is 2.13. The minimum absolute atomic E-state index is 0.0492. The number of hydrogen-bond donors (Lipinski definition) is 3. The van der Waals surface area contributed by atoms with Crippen LogP contribution in [0.3, 0.4) is 0 Å². The van der Waals surface area contributed by atoms with Crippen LogP contribution in [0, 0.1) is 12.3 Å². The van der Waals surface area contributed by atoms with Gasteiger partial charge in [0.05, 0.1) is 0 Å². The second kappa shape index (κ2) is 11.5. The van der Waals surface area contributed by atoms with Gasteiger partial charge >= 0.3 is 12.1 Å². The standard InChI is InChI=1S/C20H34N2O6/c1-8-11-15(23)16(24)21-13-10-9-12-14(17(25)27-19(2,3)4)22-18(26)28-20(5,6)7/h1,14-15,23H,9-13H2,2-7H3,(H,21,24)(H,22,26)/t14-,15-/m0/s1. The summed E-state index contributed by atoms with van der Waals surface area (Å²) in [4.78, 5) is 36.0. The monoisotopic (exact) mass is 398 g/mol. The number of rotatable bonds is 9. The molecule has 3 N–H and O–H groups in total. The van der Waals surface area contributed by atoms with E-state index in [0.717, 1.165) is 0 Å². The van der Waals surface area contributed by atoms with Gasteiger partial charge in [-0.05, 0) is 60.8 Å². The fourth-order valence-corrected chi connectivity index (χ4v) is 2.08. The molecule has 8 heteroatoms. The third-order valence-corrected chi connectivity index (χ3v) is 3.21. The van der Waals surface area contributed by atoms with Gasteiger partial charge in [0.25, 0.3) is 0 Å². The molecule has 0 rings (SSSR count). The van der Waals surface area contributed by atoms with Gasteiger partial charge in [-0.25, -0.2) is 9.59 Å². The van der Waals surface area contributed by atoms with Crippen LogP contribution >= 0.6 is 0 Å². The molecule has 0 spiro atoms. The lowest BCUT2D eigenvalue weighted by Gasteiger charge is -2.26. The van der Waals surface area contributed by atoms with Gasteiger partial charge in [0.2, 0.25) is 5.91 Å². The maximum atomic E-state index is 12.4. The Morgan fingerprint density at radius 1 is 1.04 bits per heavy atom. The Bertz CT molecular complexity index is 569. The van der Waals surface area contributed by atoms with Gasteiger partial charge in [0.15, 0.2) is 0 Å². The minimum atomic E-state index is -1.23. The summed E-state index contributed by atoms with van der Waals surface area (Å²) in [5, 5.41) is 14.6. The summed E-state index contributed by atoms with van der Waals surface area (Å²) >= 11 is 0. The molecule has 0 aromatic heterocycles. The van der Waals surface area contributed by atoms with Crippen molar-refractivity contribution in [3.8, 4) is 12.3 Å². The van der Waals surface area contributed by atoms with Crippen LogP contribution in [0.5, 0.6) is 0 Å². The van der Waals surface area contributed by atoms with Crippen molar-refractivity contribution in [3.05, 3.63) is 0 Å². The molecule has 0 fully saturated rings. The van der Waals surface area contributed by atoms with Crippen molar-refractivity contribution in [3.63, 3.8) is 0 Å². The molecule has 0 aliphatic carbocycles. The van der Waals surface area contributed by atoms with Crippen molar-refractivity contribution < 1.29 is 29.0 Å². The molecule has 0 unspecified atom stereocenters. The molecule has 0 aliphatic heterocycles. The molecular formula is C20H34N2O6. The van der Waals surface area contributed by atoms with Crippen LogP contribution in [-0.4, -0.2) is 53.0 Å². The zero-order chi connectivity index (χ0) is 22.0. The van der Waals surface area contributed by atoms with E-state index in [2.05, 4.69) is 16.6 Å². The van der Waals surface area contributed by atoms with E-state index in [1.807, 2.05) is 0 Å². The molecule has 28 heavy (non-hydrogen) atoms. The van der Waals surface area contributed by atoms with Gasteiger partial charge in [-0.1, -0.05) is 0 Å². The Hall–Kier alpha value is -2.27. The molecule has 0 saturated heterocycles. The van der Waals surface area contributed by atoms with Crippen molar-refractivity contribution in [1.82, 2.24) is 10.6 Å². The molecular weight excluding hydrogens is 364 g/mol. The number of unbranched alkanes of at least 4 members (excludes halogenated alkanes) is 1. The van der Waals surface area contributed by atoms with Crippen molar-refractivity contribution in [2.45, 2.75) is 90.6 Å². The number of amides is 2. The maximum Gasteiger partial charge on any atom is 0.408 e. The highest BCUT2D eigenvalue weighted by atomic mass is 16.6. The van der Waals surface area contributed by atoms with E-state index < -0.39 is 41.3 Å². The Labute approximate surface area is 167 Å². The Morgan fingerprint density at radius 3 is 2.11 bits per heavy atom. The summed E-state index contributed by atoms with van der Waals surface area (Å²) in [6, 6.07) is -0.864. The van der Waals surface area contributed by atoms with E-state index in [9.17, 15) is 19.5 Å². The van der Waals surface area contributed by atoms with E-state index >= 15 is 0 Å². The van der Waals surface area contributed by atoms with Crippen LogP contribution in [-0.2, 0) is 19.1 Å². The fraction of sp³-hybridized carbons (Fsp3) is 0.750. The fourth-order valence-electron chi connectivity index (χ4n) is 2.08. The smallest absolute Gasteiger partial charge is 0.408 e. The molecule has 2 amide bonds. The van der Waals surface area contributed by atoms with Crippen LogP contribution in [0.15, 0.2) is 0 Å². The highest BCUT2D eigenvalue weighted by molar-refractivity contribution is 5.82. The lowest BCUT2D eigenvalue weighted by atomic mass is 10.1. The highest BCUT2D eigenvalue weighted by Gasteiger charge is 2.28. The third kappa shape index (κ3) is 13.0. The van der Waals surface area contributed by atoms with Crippen LogP contribution < -0.4 is 10.6 Å². The number of aliphatic hydroxyl groups is 1. The average molecular weight is 399 g/mol. The van der Waals surface area contributed by atoms with E-state index in [4.69, 9.17) is 15.9 Å². The summed E-state index contributed by atoms with van der Waals surface area (Å²) in [5.41, 5.74) is -1.38. The first-order valence-electron chi connectivity index (χ1n) is 9.37. The van der Waals surface area contributed by atoms with Gasteiger partial charge in [0.1, 0.15) is 23.3 Å². The molecule has 0 radical (unpaired) electrons. The third-order valence-electron chi connectivity index (χ3n) is 3.21. The number of aliphatic hydroxyl groups excluding tert-OH is 1. The number of esters is 1. The lowest BCUT2D eigenvalue weighted by molar-refractivity contribution is -0.157. The van der Waals surface area contributed by atoms with Crippen LogP contribution in [0.1, 0.15) is 67.2 Å². The molecule has 0 saturated carbocycles. The van der Waals surface area contributed by atoms with E-state index in [0.29, 0.717) is 25.8 Å². The lowest BCUT2D eigenvalue weighted by Crippen LogP contribution is -2.46. The summed E-state index contributed by atoms with van der Waals surface area (Å²) < 4.78 is 10.6. The van der Waals surface area contributed by atoms with Crippen molar-refractivity contribution >= 4 is 18.0 Å². The summed E-state index contributed by atoms with van der Waals surface area (Å²) in [5.74, 6) is 1.13. The second-order valence-electron chi connectivity index (χ2n) is 8.44. The van der Waals surface area contributed by atoms with Gasteiger partial charge in [0, 0.05) is 13.0 Å². The van der Waals surface area contributed by atoms with E-state index in [-0.39, 0.29) is 6.42 Å². The number of carbonyl (C=O) groups excluding carboxylic acids is 3. The Kier molecular flexibility index (Phi) is 10.6. The van der Waals surface area contributed by atoms with Gasteiger partial charge in [-0.15, -0.1) is 12.3 Å². The van der Waals surface area contributed by atoms with E-state index in [1.165, 1.54) is 0 Å². The first kappa shape index (κ1) is 25.7. The number of nitrogens with one attached hydrogen (secondary N) is 2. The number of alkyl carbamates (subject to hydrolysis) is 1. The predicted octanol–water partition coefficient (Wildman–Crippen LogP) is 1.89. The first-order chi connectivity index (χ1) is 12.7. The number of terminal acetylenes is 1. The zero-order valence-electron chi connectivity index (χ0n) is 17.8. The summed E-state index contributed by atoms with van der Waals surface area (Å²) in [6.07, 6.45) is 4.47. The molecule has 2 atom stereocenters. The van der Waals surface area contributed by atoms with E-state index in [1.54, 1.807) is 41.5 Å². The summed E-state index contributed by atoms with van der Waals surface area (Å²) in [6.45, 7) is 10.7. The van der Waals surface area contributed by atoms with Crippen molar-refractivity contribution in [1.29, 1.82) is 0 Å². The molecule has 0 heterocycles. The van der Waals surface area contributed by atoms with Crippen molar-refractivity contribution in [2.75, 3.05) is 6.54 Å². The largest absolute Gasteiger partial charge is 0.458 e. The molecule has 160 valence electrons. The topological polar surface area (TPSA) is 114 Å². The first-order valence-corrected chi connectivity index (χ1v) is 9.37. The predicted molar refractivity (Wildman–Crippen MR) is 105 cm³/mol. The number of ether oxygens (including phenoxy) is 2. The van der Waals surface area contributed by atoms with Gasteiger partial charge in [-0.3, -0.25) is 4.79 Å². The number of carbonyl (C=O) groups is 3. The summed E-state index contributed by atoms with van der Waals surface area (Å²) in [7, 11) is 0.